The van der Waals surface area contributed by atoms with E-state index in [1.807, 2.05) is 30.3 Å². The summed E-state index contributed by atoms with van der Waals surface area (Å²) in [5.74, 6) is -0.397. The monoisotopic (exact) mass is 161 g/mol. The summed E-state index contributed by atoms with van der Waals surface area (Å²) >= 11 is 0. The van der Waals surface area contributed by atoms with E-state index in [4.69, 9.17) is 5.73 Å². The van der Waals surface area contributed by atoms with Gasteiger partial charge in [0.2, 0.25) is 5.91 Å². The molecule has 1 aromatic carbocycles. The fourth-order valence-corrected chi connectivity index (χ4v) is 0.925. The Balaban J connectivity index is 2.49. The molecule has 0 spiro atoms. The maximum Gasteiger partial charge on any atom is 0.241 e. The summed E-state index contributed by atoms with van der Waals surface area (Å²) in [6.45, 7) is 0. The molecule has 0 atom stereocenters. The van der Waals surface area contributed by atoms with E-state index in [0.29, 0.717) is 0 Å². The topological polar surface area (TPSA) is 43.1 Å². The van der Waals surface area contributed by atoms with Gasteiger partial charge in [0.1, 0.15) is 0 Å². The second kappa shape index (κ2) is 4.34. The molecule has 2 heteroatoms. The number of primary amides is 1. The van der Waals surface area contributed by atoms with Gasteiger partial charge < -0.3 is 5.73 Å². The average Bonchev–Trinajstić information content (AvgIpc) is 2.05. The van der Waals surface area contributed by atoms with Crippen LogP contribution in [0.5, 0.6) is 0 Å². The van der Waals surface area contributed by atoms with Crippen molar-refractivity contribution in [1.82, 2.24) is 0 Å². The highest BCUT2D eigenvalue weighted by Gasteiger charge is 1.86. The average molecular weight is 161 g/mol. The zero-order chi connectivity index (χ0) is 8.81. The van der Waals surface area contributed by atoms with Crippen LogP contribution in [-0.2, 0) is 11.2 Å². The zero-order valence-electron chi connectivity index (χ0n) is 6.73. The Morgan fingerprint density at radius 3 is 2.58 bits per heavy atom. The smallest absolute Gasteiger partial charge is 0.241 e. The van der Waals surface area contributed by atoms with Crippen LogP contribution >= 0.6 is 0 Å². The quantitative estimate of drug-likeness (QED) is 0.666. The minimum absolute atomic E-state index is 0.397. The molecule has 0 bridgehead atoms. The molecule has 1 amide bonds. The van der Waals surface area contributed by atoms with E-state index in [9.17, 15) is 4.79 Å². The molecular weight excluding hydrogens is 150 g/mol. The minimum atomic E-state index is -0.397. The van der Waals surface area contributed by atoms with Gasteiger partial charge in [0.25, 0.3) is 0 Å². The number of rotatable bonds is 3. The van der Waals surface area contributed by atoms with Gasteiger partial charge >= 0.3 is 0 Å². The molecule has 2 nitrogen and oxygen atoms in total. The third kappa shape index (κ3) is 3.01. The number of benzene rings is 1. The van der Waals surface area contributed by atoms with Gasteiger partial charge in [0, 0.05) is 0 Å². The van der Waals surface area contributed by atoms with Crippen molar-refractivity contribution in [2.45, 2.75) is 6.42 Å². The van der Waals surface area contributed by atoms with Crippen molar-refractivity contribution in [2.75, 3.05) is 0 Å². The van der Waals surface area contributed by atoms with Gasteiger partial charge in [-0.3, -0.25) is 4.79 Å². The summed E-state index contributed by atoms with van der Waals surface area (Å²) in [7, 11) is 0. The van der Waals surface area contributed by atoms with Crippen LogP contribution in [-0.4, -0.2) is 5.91 Å². The van der Waals surface area contributed by atoms with Crippen LogP contribution in [0.1, 0.15) is 5.56 Å². The first-order chi connectivity index (χ1) is 5.79. The van der Waals surface area contributed by atoms with Crippen LogP contribution < -0.4 is 5.73 Å². The molecule has 0 radical (unpaired) electrons. The number of amides is 1. The Morgan fingerprint density at radius 2 is 2.00 bits per heavy atom. The highest BCUT2D eigenvalue weighted by Crippen LogP contribution is 1.99. The summed E-state index contributed by atoms with van der Waals surface area (Å²) in [6.07, 6.45) is 3.90. The van der Waals surface area contributed by atoms with E-state index in [2.05, 4.69) is 0 Å². The van der Waals surface area contributed by atoms with E-state index in [-0.39, 0.29) is 0 Å². The molecule has 12 heavy (non-hydrogen) atoms. The highest BCUT2D eigenvalue weighted by atomic mass is 16.1. The standard InChI is InChI=1S/C10H11NO/c11-10(12)8-4-7-9-5-2-1-3-6-9/h1-6,8H,7H2,(H2,11,12)/b8-4+. The van der Waals surface area contributed by atoms with Gasteiger partial charge in [-0.1, -0.05) is 36.4 Å². The van der Waals surface area contributed by atoms with E-state index in [1.54, 1.807) is 6.08 Å². The van der Waals surface area contributed by atoms with Crippen molar-refractivity contribution in [3.8, 4) is 0 Å². The predicted molar refractivity (Wildman–Crippen MR) is 48.5 cm³/mol. The second-order valence-corrected chi connectivity index (χ2v) is 2.49. The summed E-state index contributed by atoms with van der Waals surface area (Å²) in [6, 6.07) is 9.90. The Morgan fingerprint density at radius 1 is 1.33 bits per heavy atom. The van der Waals surface area contributed by atoms with Crippen molar-refractivity contribution >= 4 is 5.91 Å². The minimum Gasteiger partial charge on any atom is -0.366 e. The third-order valence-electron chi connectivity index (χ3n) is 1.48. The maximum atomic E-state index is 10.3. The molecule has 0 saturated carbocycles. The summed E-state index contributed by atoms with van der Waals surface area (Å²) in [5.41, 5.74) is 6.11. The number of allylic oxidation sites excluding steroid dienone is 1. The first-order valence-corrected chi connectivity index (χ1v) is 3.79. The van der Waals surface area contributed by atoms with Gasteiger partial charge in [-0.15, -0.1) is 0 Å². The molecule has 1 rings (SSSR count). The lowest BCUT2D eigenvalue weighted by Gasteiger charge is -1.92. The SMILES string of the molecule is NC(=O)/C=C/Cc1ccccc1. The van der Waals surface area contributed by atoms with Gasteiger partial charge in [-0.2, -0.15) is 0 Å². The van der Waals surface area contributed by atoms with Crippen LogP contribution in [0.2, 0.25) is 0 Å². The number of carbonyl (C=O) groups is 1. The van der Waals surface area contributed by atoms with Crippen molar-refractivity contribution in [3.63, 3.8) is 0 Å². The van der Waals surface area contributed by atoms with Gasteiger partial charge in [0.05, 0.1) is 0 Å². The lowest BCUT2D eigenvalue weighted by molar-refractivity contribution is -0.113. The summed E-state index contributed by atoms with van der Waals surface area (Å²) in [5, 5.41) is 0. The molecule has 0 fully saturated rings. The Bertz CT molecular complexity index is 277. The van der Waals surface area contributed by atoms with Crippen molar-refractivity contribution < 1.29 is 4.79 Å². The first kappa shape index (κ1) is 8.53. The predicted octanol–water partition coefficient (Wildman–Crippen LogP) is 1.27. The number of carbonyl (C=O) groups excluding carboxylic acids is 1. The highest BCUT2D eigenvalue weighted by molar-refractivity contribution is 5.85. The molecule has 0 unspecified atom stereocenters. The molecular formula is C10H11NO. The fourth-order valence-electron chi connectivity index (χ4n) is 0.925. The Kier molecular flexibility index (Phi) is 3.08. The summed E-state index contributed by atoms with van der Waals surface area (Å²) in [4.78, 5) is 10.3. The number of hydrogen-bond donors (Lipinski definition) is 1. The van der Waals surface area contributed by atoms with Gasteiger partial charge in [-0.25, -0.2) is 0 Å². The van der Waals surface area contributed by atoms with E-state index in [0.717, 1.165) is 6.42 Å². The molecule has 0 aromatic heterocycles. The fraction of sp³-hybridized carbons (Fsp3) is 0.100. The lowest BCUT2D eigenvalue weighted by Crippen LogP contribution is -2.05. The Labute approximate surface area is 71.7 Å². The van der Waals surface area contributed by atoms with Crippen molar-refractivity contribution in [2.24, 2.45) is 5.73 Å². The van der Waals surface area contributed by atoms with Crippen molar-refractivity contribution in [3.05, 3.63) is 48.0 Å². The van der Waals surface area contributed by atoms with Crippen molar-refractivity contribution in [1.29, 1.82) is 0 Å². The largest absolute Gasteiger partial charge is 0.366 e. The van der Waals surface area contributed by atoms with Crippen LogP contribution in [0.25, 0.3) is 0 Å². The number of nitrogens with two attached hydrogens (primary N) is 1. The Hall–Kier alpha value is -1.57. The van der Waals surface area contributed by atoms with Crippen LogP contribution in [0, 0.1) is 0 Å². The van der Waals surface area contributed by atoms with Gasteiger partial charge in [0.15, 0.2) is 0 Å². The molecule has 62 valence electrons. The number of hydrogen-bond acceptors (Lipinski definition) is 1. The van der Waals surface area contributed by atoms with Crippen LogP contribution in [0.3, 0.4) is 0 Å². The molecule has 2 N–H and O–H groups in total. The zero-order valence-corrected chi connectivity index (χ0v) is 6.73. The molecule has 0 aliphatic carbocycles. The lowest BCUT2D eigenvalue weighted by atomic mass is 10.1. The normalized spacial score (nSPS) is 10.3. The van der Waals surface area contributed by atoms with Crippen LogP contribution in [0.15, 0.2) is 42.5 Å². The van der Waals surface area contributed by atoms with Crippen LogP contribution in [0.4, 0.5) is 0 Å². The maximum absolute atomic E-state index is 10.3. The molecule has 1 aromatic rings. The summed E-state index contributed by atoms with van der Waals surface area (Å²) < 4.78 is 0. The second-order valence-electron chi connectivity index (χ2n) is 2.49. The molecule has 0 aliphatic rings. The first-order valence-electron chi connectivity index (χ1n) is 3.79. The molecule has 0 aliphatic heterocycles. The van der Waals surface area contributed by atoms with E-state index in [1.165, 1.54) is 11.6 Å². The van der Waals surface area contributed by atoms with E-state index < -0.39 is 5.91 Å². The van der Waals surface area contributed by atoms with Gasteiger partial charge in [-0.05, 0) is 18.1 Å². The van der Waals surface area contributed by atoms with E-state index >= 15 is 0 Å². The molecule has 0 saturated heterocycles. The molecule has 0 heterocycles. The third-order valence-corrected chi connectivity index (χ3v) is 1.48.